The fourth-order valence-corrected chi connectivity index (χ4v) is 6.81. The molecule has 33 heavy (non-hydrogen) atoms. The fourth-order valence-electron chi connectivity index (χ4n) is 5.68. The highest BCUT2D eigenvalue weighted by atomic mass is 32.1. The molecule has 1 aromatic heterocycles. The second-order valence-electron chi connectivity index (χ2n) is 9.14. The van der Waals surface area contributed by atoms with Crippen molar-refractivity contribution < 1.29 is 24.2 Å². The average molecular weight is 468 g/mol. The van der Waals surface area contributed by atoms with Gasteiger partial charge in [-0.25, -0.2) is 4.79 Å². The molecule has 6 nitrogen and oxygen atoms in total. The van der Waals surface area contributed by atoms with E-state index in [0.717, 1.165) is 34.4 Å². The van der Waals surface area contributed by atoms with Crippen LogP contribution in [0.25, 0.3) is 0 Å². The van der Waals surface area contributed by atoms with Crippen LogP contribution in [0.1, 0.15) is 60.3 Å². The zero-order chi connectivity index (χ0) is 23.9. The van der Waals surface area contributed by atoms with Crippen LogP contribution in [0.3, 0.4) is 0 Å². The molecule has 2 aliphatic rings. The van der Waals surface area contributed by atoms with Crippen molar-refractivity contribution in [1.82, 2.24) is 0 Å². The SMILES string of the molecule is COC(=O)c1cc([C@H](C)c2ccccc2)sc1NC(=O)[C@H]1[C@@H](C(=O)O)[C@@H]2CC[C@@H]1C2=C(C)C. The monoisotopic (exact) mass is 467 g/mol. The normalized spacial score (nSPS) is 24.4. The third-order valence-electron chi connectivity index (χ3n) is 7.13. The molecule has 1 aromatic carbocycles. The fraction of sp³-hybridized carbons (Fsp3) is 0.423. The summed E-state index contributed by atoms with van der Waals surface area (Å²) in [5.74, 6) is -3.31. The zero-order valence-electron chi connectivity index (χ0n) is 19.3. The van der Waals surface area contributed by atoms with Gasteiger partial charge in [0.2, 0.25) is 5.91 Å². The number of ether oxygens (including phenoxy) is 1. The molecular formula is C26H29NO5S. The van der Waals surface area contributed by atoms with E-state index >= 15 is 0 Å². The molecule has 2 saturated carbocycles. The molecule has 1 heterocycles. The lowest BCUT2D eigenvalue weighted by atomic mass is 9.79. The maximum absolute atomic E-state index is 13.5. The summed E-state index contributed by atoms with van der Waals surface area (Å²) in [6.45, 7) is 6.03. The Morgan fingerprint density at radius 2 is 1.73 bits per heavy atom. The molecule has 0 unspecified atom stereocenters. The van der Waals surface area contributed by atoms with Gasteiger partial charge in [0, 0.05) is 10.8 Å². The Balaban J connectivity index is 1.66. The first kappa shape index (κ1) is 23.2. The standard InChI is InChI=1S/C26H29NO5S/c1-13(2)20-16-10-11-17(20)22(25(29)30)21(16)23(28)27-24-18(26(31)32-4)12-19(33-24)14(3)15-8-6-5-7-9-15/h5-9,12,14,16-17,21-22H,10-11H2,1-4H3,(H,27,28)(H,29,30)/t14-,16-,17-,21-,22+/m1/s1. The summed E-state index contributed by atoms with van der Waals surface area (Å²) in [6.07, 6.45) is 1.62. The number of carbonyl (C=O) groups excluding carboxylic acids is 2. The number of amides is 1. The maximum atomic E-state index is 13.5. The lowest BCUT2D eigenvalue weighted by molar-refractivity contribution is -0.148. The summed E-state index contributed by atoms with van der Waals surface area (Å²) in [6, 6.07) is 11.7. The third-order valence-corrected chi connectivity index (χ3v) is 8.36. The van der Waals surface area contributed by atoms with Gasteiger partial charge in [-0.1, -0.05) is 48.4 Å². The van der Waals surface area contributed by atoms with E-state index in [1.54, 1.807) is 6.07 Å². The number of hydrogen-bond donors (Lipinski definition) is 2. The van der Waals surface area contributed by atoms with Crippen molar-refractivity contribution in [3.63, 3.8) is 0 Å². The average Bonchev–Trinajstić information content (AvgIpc) is 3.50. The number of thiophene rings is 1. The number of rotatable bonds is 6. The van der Waals surface area contributed by atoms with Crippen molar-refractivity contribution in [2.75, 3.05) is 12.4 Å². The summed E-state index contributed by atoms with van der Waals surface area (Å²) in [5, 5.41) is 13.3. The van der Waals surface area contributed by atoms with Gasteiger partial charge in [-0.05, 0) is 50.2 Å². The first-order valence-electron chi connectivity index (χ1n) is 11.2. The first-order chi connectivity index (χ1) is 15.7. The van der Waals surface area contributed by atoms with Crippen LogP contribution in [0.5, 0.6) is 0 Å². The predicted molar refractivity (Wildman–Crippen MR) is 127 cm³/mol. The molecule has 174 valence electrons. The molecule has 0 radical (unpaired) electrons. The summed E-state index contributed by atoms with van der Waals surface area (Å²) in [7, 11) is 1.31. The van der Waals surface area contributed by atoms with Gasteiger partial charge < -0.3 is 15.2 Å². The number of carboxylic acids is 1. The van der Waals surface area contributed by atoms with E-state index in [0.29, 0.717) is 10.6 Å². The number of esters is 1. The maximum Gasteiger partial charge on any atom is 0.340 e. The van der Waals surface area contributed by atoms with E-state index in [1.807, 2.05) is 51.1 Å². The summed E-state index contributed by atoms with van der Waals surface area (Å²) in [4.78, 5) is 39.0. The molecule has 2 N–H and O–H groups in total. The van der Waals surface area contributed by atoms with Crippen LogP contribution < -0.4 is 5.32 Å². The highest BCUT2D eigenvalue weighted by Crippen LogP contribution is 2.57. The molecule has 4 rings (SSSR count). The van der Waals surface area contributed by atoms with Crippen LogP contribution in [-0.4, -0.2) is 30.1 Å². The Morgan fingerprint density at radius 3 is 2.30 bits per heavy atom. The number of allylic oxidation sites excluding steroid dienone is 2. The number of carbonyl (C=O) groups is 3. The van der Waals surface area contributed by atoms with Gasteiger partial charge in [0.15, 0.2) is 0 Å². The van der Waals surface area contributed by atoms with Crippen molar-refractivity contribution in [3.8, 4) is 0 Å². The van der Waals surface area contributed by atoms with Gasteiger partial charge in [-0.3, -0.25) is 9.59 Å². The van der Waals surface area contributed by atoms with Gasteiger partial charge in [0.25, 0.3) is 0 Å². The number of aliphatic carboxylic acids is 1. The smallest absolute Gasteiger partial charge is 0.340 e. The van der Waals surface area contributed by atoms with Gasteiger partial charge in [-0.2, -0.15) is 0 Å². The van der Waals surface area contributed by atoms with Crippen LogP contribution in [0.15, 0.2) is 47.5 Å². The number of nitrogens with one attached hydrogen (secondary N) is 1. The van der Waals surface area contributed by atoms with Crippen molar-refractivity contribution in [3.05, 3.63) is 63.5 Å². The second-order valence-corrected chi connectivity index (χ2v) is 10.2. The lowest BCUT2D eigenvalue weighted by Crippen LogP contribution is -2.37. The van der Waals surface area contributed by atoms with Gasteiger partial charge in [-0.15, -0.1) is 11.3 Å². The van der Waals surface area contributed by atoms with Gasteiger partial charge in [0.1, 0.15) is 5.00 Å². The predicted octanol–water partition coefficient (Wildman–Crippen LogP) is 5.32. The molecular weight excluding hydrogens is 438 g/mol. The highest BCUT2D eigenvalue weighted by Gasteiger charge is 2.57. The minimum Gasteiger partial charge on any atom is -0.481 e. The van der Waals surface area contributed by atoms with Gasteiger partial charge in [0.05, 0.1) is 24.5 Å². The van der Waals surface area contributed by atoms with Crippen LogP contribution >= 0.6 is 11.3 Å². The van der Waals surface area contributed by atoms with Gasteiger partial charge >= 0.3 is 11.9 Å². The van der Waals surface area contributed by atoms with E-state index in [-0.39, 0.29) is 23.7 Å². The van der Waals surface area contributed by atoms with E-state index < -0.39 is 23.8 Å². The molecule has 7 heteroatoms. The van der Waals surface area contributed by atoms with Crippen molar-refractivity contribution >= 4 is 34.2 Å². The zero-order valence-corrected chi connectivity index (χ0v) is 20.1. The Bertz CT molecular complexity index is 1110. The Kier molecular flexibility index (Phi) is 6.43. The molecule has 2 aromatic rings. The van der Waals surface area contributed by atoms with Crippen molar-refractivity contribution in [2.45, 2.75) is 39.5 Å². The van der Waals surface area contributed by atoms with E-state index in [2.05, 4.69) is 5.32 Å². The number of benzene rings is 1. The minimum atomic E-state index is -0.932. The van der Waals surface area contributed by atoms with E-state index in [4.69, 9.17) is 4.74 Å². The number of methoxy groups -OCH3 is 1. The van der Waals surface area contributed by atoms with Crippen molar-refractivity contribution in [2.24, 2.45) is 23.7 Å². The minimum absolute atomic E-state index is 0.0248. The number of anilines is 1. The molecule has 0 spiro atoms. The number of carboxylic acid groups (broad SMARTS) is 1. The molecule has 0 saturated heterocycles. The molecule has 2 fully saturated rings. The summed E-state index contributed by atoms with van der Waals surface area (Å²) >= 11 is 1.34. The Labute approximate surface area is 197 Å². The lowest BCUT2D eigenvalue weighted by Gasteiger charge is -2.26. The topological polar surface area (TPSA) is 92.7 Å². The van der Waals surface area contributed by atoms with Crippen LogP contribution in [0, 0.1) is 23.7 Å². The quantitative estimate of drug-likeness (QED) is 0.443. The first-order valence-corrected chi connectivity index (χ1v) is 12.0. The molecule has 2 aliphatic carbocycles. The summed E-state index contributed by atoms with van der Waals surface area (Å²) in [5.41, 5.74) is 3.63. The molecule has 2 bridgehead atoms. The summed E-state index contributed by atoms with van der Waals surface area (Å²) < 4.78 is 4.95. The number of fused-ring (bicyclic) bond motifs is 2. The van der Waals surface area contributed by atoms with Crippen LogP contribution in [-0.2, 0) is 14.3 Å². The van der Waals surface area contributed by atoms with Crippen molar-refractivity contribution in [1.29, 1.82) is 0 Å². The van der Waals surface area contributed by atoms with Crippen LogP contribution in [0.4, 0.5) is 5.00 Å². The van der Waals surface area contributed by atoms with Crippen LogP contribution in [0.2, 0.25) is 0 Å². The van der Waals surface area contributed by atoms with E-state index in [1.165, 1.54) is 18.4 Å². The molecule has 5 atom stereocenters. The largest absolute Gasteiger partial charge is 0.481 e. The Hall–Kier alpha value is -2.93. The Morgan fingerprint density at radius 1 is 1.09 bits per heavy atom. The van der Waals surface area contributed by atoms with E-state index in [9.17, 15) is 19.5 Å². The molecule has 1 amide bonds. The highest BCUT2D eigenvalue weighted by molar-refractivity contribution is 7.16. The second kappa shape index (κ2) is 9.14. The molecule has 0 aliphatic heterocycles. The third kappa shape index (κ3) is 4.10. The number of hydrogen-bond acceptors (Lipinski definition) is 5.